The number of ether oxygens (including phenoxy) is 2. The van der Waals surface area contributed by atoms with Gasteiger partial charge in [0.2, 0.25) is 0 Å². The molecule has 0 aliphatic carbocycles. The predicted molar refractivity (Wildman–Crippen MR) is 85.9 cm³/mol. The Bertz CT molecular complexity index is 630. The lowest BCUT2D eigenvalue weighted by Crippen LogP contribution is -2.30. The normalized spacial score (nSPS) is 11.6. The maximum Gasteiger partial charge on any atom is 0.265 e. The van der Waals surface area contributed by atoms with E-state index in [9.17, 15) is 4.79 Å². The Morgan fingerprint density at radius 3 is 2.38 bits per heavy atom. The van der Waals surface area contributed by atoms with E-state index in [1.807, 2.05) is 30.3 Å². The Kier molecular flexibility index (Phi) is 5.22. The maximum absolute atomic E-state index is 12.2. The van der Waals surface area contributed by atoms with Crippen LogP contribution in [-0.2, 0) is 4.79 Å². The Hall–Kier alpha value is -2.01. The SMILES string of the molecule is COc1ccccc1NC(=O)[C@@H](C)Oc1ccccc1Br. The number of carbonyl (C=O) groups is 1. The maximum atomic E-state index is 12.2. The second-order valence-electron chi connectivity index (χ2n) is 4.38. The Morgan fingerprint density at radius 1 is 1.10 bits per heavy atom. The van der Waals surface area contributed by atoms with Crippen LogP contribution in [0, 0.1) is 0 Å². The van der Waals surface area contributed by atoms with Crippen LogP contribution in [0.3, 0.4) is 0 Å². The van der Waals surface area contributed by atoms with Crippen molar-refractivity contribution in [2.75, 3.05) is 12.4 Å². The molecule has 0 saturated carbocycles. The van der Waals surface area contributed by atoms with Gasteiger partial charge in [-0.2, -0.15) is 0 Å². The van der Waals surface area contributed by atoms with Gasteiger partial charge in [-0.1, -0.05) is 24.3 Å². The molecule has 0 aliphatic rings. The van der Waals surface area contributed by atoms with Crippen molar-refractivity contribution < 1.29 is 14.3 Å². The standard InChI is InChI=1S/C16H16BrNO3/c1-11(21-14-9-5-3-7-12(14)17)16(19)18-13-8-4-6-10-15(13)20-2/h3-11H,1-2H3,(H,18,19)/t11-/m1/s1. The van der Waals surface area contributed by atoms with Gasteiger partial charge in [0, 0.05) is 0 Å². The summed E-state index contributed by atoms with van der Waals surface area (Å²) in [5.41, 5.74) is 0.618. The molecule has 0 fully saturated rings. The van der Waals surface area contributed by atoms with Gasteiger partial charge in [-0.05, 0) is 47.1 Å². The number of benzene rings is 2. The Morgan fingerprint density at radius 2 is 1.71 bits per heavy atom. The van der Waals surface area contributed by atoms with Gasteiger partial charge < -0.3 is 14.8 Å². The highest BCUT2D eigenvalue weighted by Gasteiger charge is 2.17. The first-order valence-corrected chi connectivity index (χ1v) is 7.26. The second-order valence-corrected chi connectivity index (χ2v) is 5.23. The number of amides is 1. The monoisotopic (exact) mass is 349 g/mol. The van der Waals surface area contributed by atoms with Crippen LogP contribution in [0.25, 0.3) is 0 Å². The lowest BCUT2D eigenvalue weighted by atomic mass is 10.2. The molecule has 0 spiro atoms. The van der Waals surface area contributed by atoms with Crippen LogP contribution in [0.15, 0.2) is 53.0 Å². The van der Waals surface area contributed by atoms with E-state index in [4.69, 9.17) is 9.47 Å². The molecule has 0 aliphatic heterocycles. The molecule has 110 valence electrons. The van der Waals surface area contributed by atoms with Crippen LogP contribution in [0.1, 0.15) is 6.92 Å². The third-order valence-electron chi connectivity index (χ3n) is 2.87. The van der Waals surface area contributed by atoms with Crippen LogP contribution < -0.4 is 14.8 Å². The van der Waals surface area contributed by atoms with Gasteiger partial charge in [0.25, 0.3) is 5.91 Å². The van der Waals surface area contributed by atoms with Crippen molar-refractivity contribution in [3.05, 3.63) is 53.0 Å². The van der Waals surface area contributed by atoms with Crippen LogP contribution >= 0.6 is 15.9 Å². The first-order valence-electron chi connectivity index (χ1n) is 6.47. The van der Waals surface area contributed by atoms with E-state index in [0.29, 0.717) is 17.2 Å². The van der Waals surface area contributed by atoms with Crippen molar-refractivity contribution in [3.63, 3.8) is 0 Å². The fourth-order valence-electron chi connectivity index (χ4n) is 1.77. The molecule has 21 heavy (non-hydrogen) atoms. The number of rotatable bonds is 5. The molecule has 2 aromatic rings. The van der Waals surface area contributed by atoms with Crippen molar-refractivity contribution in [3.8, 4) is 11.5 Å². The largest absolute Gasteiger partial charge is 0.495 e. The van der Waals surface area contributed by atoms with Crippen LogP contribution in [0.4, 0.5) is 5.69 Å². The minimum Gasteiger partial charge on any atom is -0.495 e. The molecule has 1 atom stereocenters. The van der Waals surface area contributed by atoms with Gasteiger partial charge in [-0.25, -0.2) is 0 Å². The molecule has 0 saturated heterocycles. The summed E-state index contributed by atoms with van der Waals surface area (Å²) in [6.07, 6.45) is -0.631. The minimum atomic E-state index is -0.631. The van der Waals surface area contributed by atoms with Crippen molar-refractivity contribution in [2.24, 2.45) is 0 Å². The zero-order chi connectivity index (χ0) is 15.2. The van der Waals surface area contributed by atoms with Crippen LogP contribution in [0.5, 0.6) is 11.5 Å². The van der Waals surface area contributed by atoms with Gasteiger partial charge in [0.05, 0.1) is 17.3 Å². The van der Waals surface area contributed by atoms with Gasteiger partial charge in [0.1, 0.15) is 11.5 Å². The number of methoxy groups -OCH3 is 1. The molecule has 1 amide bonds. The predicted octanol–water partition coefficient (Wildman–Crippen LogP) is 3.86. The summed E-state index contributed by atoms with van der Waals surface area (Å²) in [5, 5.41) is 2.80. The Labute approximate surface area is 132 Å². The summed E-state index contributed by atoms with van der Waals surface area (Å²) in [7, 11) is 1.56. The molecule has 2 aromatic carbocycles. The highest BCUT2D eigenvalue weighted by Crippen LogP contribution is 2.26. The summed E-state index contributed by atoms with van der Waals surface area (Å²) >= 11 is 3.39. The molecule has 0 heterocycles. The number of anilines is 1. The lowest BCUT2D eigenvalue weighted by molar-refractivity contribution is -0.122. The fraction of sp³-hybridized carbons (Fsp3) is 0.188. The molecule has 0 radical (unpaired) electrons. The van der Waals surface area contributed by atoms with E-state index in [0.717, 1.165) is 4.47 Å². The topological polar surface area (TPSA) is 47.6 Å². The molecule has 0 aromatic heterocycles. The summed E-state index contributed by atoms with van der Waals surface area (Å²) in [6, 6.07) is 14.6. The zero-order valence-electron chi connectivity index (χ0n) is 11.8. The molecule has 0 unspecified atom stereocenters. The molecule has 0 bridgehead atoms. The van der Waals surface area contributed by atoms with E-state index >= 15 is 0 Å². The van der Waals surface area contributed by atoms with Crippen molar-refractivity contribution in [1.29, 1.82) is 0 Å². The summed E-state index contributed by atoms with van der Waals surface area (Å²) < 4.78 is 11.7. The van der Waals surface area contributed by atoms with E-state index in [-0.39, 0.29) is 5.91 Å². The Balaban J connectivity index is 2.05. The average molecular weight is 350 g/mol. The molecule has 4 nitrogen and oxygen atoms in total. The fourth-order valence-corrected chi connectivity index (χ4v) is 2.14. The van der Waals surface area contributed by atoms with E-state index in [1.54, 1.807) is 32.2 Å². The van der Waals surface area contributed by atoms with Crippen molar-refractivity contribution in [2.45, 2.75) is 13.0 Å². The average Bonchev–Trinajstić information content (AvgIpc) is 2.50. The number of hydrogen-bond donors (Lipinski definition) is 1. The van der Waals surface area contributed by atoms with Gasteiger partial charge in [-0.15, -0.1) is 0 Å². The van der Waals surface area contributed by atoms with Crippen molar-refractivity contribution in [1.82, 2.24) is 0 Å². The first-order chi connectivity index (χ1) is 10.1. The number of para-hydroxylation sites is 3. The number of halogens is 1. The number of nitrogens with one attached hydrogen (secondary N) is 1. The summed E-state index contributed by atoms with van der Waals surface area (Å²) in [6.45, 7) is 1.70. The lowest BCUT2D eigenvalue weighted by Gasteiger charge is -2.16. The van der Waals surface area contributed by atoms with E-state index in [2.05, 4.69) is 21.2 Å². The zero-order valence-corrected chi connectivity index (χ0v) is 13.4. The molecule has 1 N–H and O–H groups in total. The van der Waals surface area contributed by atoms with Gasteiger partial charge in [-0.3, -0.25) is 4.79 Å². The van der Waals surface area contributed by atoms with Crippen molar-refractivity contribution >= 4 is 27.5 Å². The number of hydrogen-bond acceptors (Lipinski definition) is 3. The molecular weight excluding hydrogens is 334 g/mol. The smallest absolute Gasteiger partial charge is 0.265 e. The third-order valence-corrected chi connectivity index (χ3v) is 3.53. The highest BCUT2D eigenvalue weighted by atomic mass is 79.9. The third kappa shape index (κ3) is 3.98. The van der Waals surface area contributed by atoms with Crippen LogP contribution in [-0.4, -0.2) is 19.1 Å². The van der Waals surface area contributed by atoms with E-state index in [1.165, 1.54) is 0 Å². The number of carbonyl (C=O) groups excluding carboxylic acids is 1. The minimum absolute atomic E-state index is 0.241. The molecule has 2 rings (SSSR count). The van der Waals surface area contributed by atoms with Gasteiger partial charge in [0.15, 0.2) is 6.10 Å². The van der Waals surface area contributed by atoms with Gasteiger partial charge >= 0.3 is 0 Å². The molecule has 5 heteroatoms. The second kappa shape index (κ2) is 7.13. The summed E-state index contributed by atoms with van der Waals surface area (Å²) in [4.78, 5) is 12.2. The van der Waals surface area contributed by atoms with E-state index < -0.39 is 6.10 Å². The quantitative estimate of drug-likeness (QED) is 0.891. The molecular formula is C16H16BrNO3. The first kappa shape index (κ1) is 15.4. The highest BCUT2D eigenvalue weighted by molar-refractivity contribution is 9.10. The van der Waals surface area contributed by atoms with Crippen LogP contribution in [0.2, 0.25) is 0 Å². The summed E-state index contributed by atoms with van der Waals surface area (Å²) in [5.74, 6) is 0.995.